The zero-order valence-electron chi connectivity index (χ0n) is 28.1. The summed E-state index contributed by atoms with van der Waals surface area (Å²) in [6, 6.07) is 20.9. The third kappa shape index (κ3) is 8.15. The van der Waals surface area contributed by atoms with Crippen molar-refractivity contribution in [3.05, 3.63) is 122 Å². The number of rotatable bonds is 11. The van der Waals surface area contributed by atoms with Crippen molar-refractivity contribution in [2.75, 3.05) is 38.8 Å². The van der Waals surface area contributed by atoms with Crippen LogP contribution in [0.4, 0.5) is 10.5 Å². The number of carbonyl (C=O) groups excluding carboxylic acids is 2. The number of amides is 1. The van der Waals surface area contributed by atoms with Gasteiger partial charge in [0.25, 0.3) is 0 Å². The fraction of sp³-hybridized carbons (Fsp3) is 0.316. The summed E-state index contributed by atoms with van der Waals surface area (Å²) in [6.07, 6.45) is 2.78. The number of piperidine rings is 3. The summed E-state index contributed by atoms with van der Waals surface area (Å²) >= 11 is 12.8. The van der Waals surface area contributed by atoms with E-state index in [1.165, 1.54) is 31.5 Å². The molecule has 0 saturated carbocycles. The van der Waals surface area contributed by atoms with E-state index in [1.807, 2.05) is 0 Å². The number of fused-ring (bicyclic) bond motifs is 3. The van der Waals surface area contributed by atoms with Crippen LogP contribution in [0.25, 0.3) is 0 Å². The summed E-state index contributed by atoms with van der Waals surface area (Å²) in [6.45, 7) is 2.83. The second kappa shape index (κ2) is 15.9. The van der Waals surface area contributed by atoms with Crippen LogP contribution in [0.15, 0.2) is 79.1 Å². The van der Waals surface area contributed by atoms with Gasteiger partial charge in [-0.1, -0.05) is 53.5 Å². The van der Waals surface area contributed by atoms with Gasteiger partial charge >= 0.3 is 12.1 Å². The van der Waals surface area contributed by atoms with Crippen molar-refractivity contribution in [1.82, 2.24) is 4.90 Å². The maximum absolute atomic E-state index is 13.7. The number of esters is 1. The van der Waals surface area contributed by atoms with E-state index >= 15 is 0 Å². The highest BCUT2D eigenvalue weighted by Crippen LogP contribution is 2.36. The molecule has 3 aliphatic heterocycles. The van der Waals surface area contributed by atoms with Gasteiger partial charge in [0.2, 0.25) is 0 Å². The molecule has 13 heteroatoms. The van der Waals surface area contributed by atoms with Crippen molar-refractivity contribution in [2.24, 2.45) is 5.92 Å². The molecule has 4 heterocycles. The summed E-state index contributed by atoms with van der Waals surface area (Å²) in [5, 5.41) is 22.0. The maximum atomic E-state index is 13.7. The lowest BCUT2D eigenvalue weighted by Gasteiger charge is -2.44. The maximum Gasteiger partial charge on any atom is 0.414 e. The van der Waals surface area contributed by atoms with Crippen molar-refractivity contribution in [2.45, 2.75) is 38.0 Å². The van der Waals surface area contributed by atoms with Crippen molar-refractivity contribution in [3.8, 4) is 17.6 Å². The zero-order chi connectivity index (χ0) is 36.1. The van der Waals surface area contributed by atoms with Gasteiger partial charge in [0, 0.05) is 18.5 Å². The lowest BCUT2D eigenvalue weighted by molar-refractivity contribution is -0.605. The first kappa shape index (κ1) is 35.8. The summed E-state index contributed by atoms with van der Waals surface area (Å²) in [4.78, 5) is 31.1. The number of nitrogens with zero attached hydrogens (tertiary/aromatic N) is 4. The van der Waals surface area contributed by atoms with Crippen LogP contribution >= 0.6 is 23.2 Å². The van der Waals surface area contributed by atoms with Gasteiger partial charge in [-0.05, 0) is 79.4 Å². The predicted molar refractivity (Wildman–Crippen MR) is 190 cm³/mol. The first-order valence-corrected chi connectivity index (χ1v) is 17.2. The number of ether oxygens (including phenoxy) is 4. The highest BCUT2D eigenvalue weighted by molar-refractivity contribution is 6.35. The van der Waals surface area contributed by atoms with E-state index < -0.39 is 18.2 Å². The summed E-state index contributed by atoms with van der Waals surface area (Å²) in [5.74, 6) is 0.607. The van der Waals surface area contributed by atoms with Gasteiger partial charge < -0.3 is 24.2 Å². The van der Waals surface area contributed by atoms with E-state index in [9.17, 15) is 20.1 Å². The second-order valence-corrected chi connectivity index (χ2v) is 13.3. The lowest BCUT2D eigenvalue weighted by atomic mass is 9.86. The summed E-state index contributed by atoms with van der Waals surface area (Å²) in [5.41, 5.74) is 2.75. The fourth-order valence-corrected chi connectivity index (χ4v) is 7.21. The van der Waals surface area contributed by atoms with Crippen LogP contribution in [0, 0.1) is 22.5 Å². The summed E-state index contributed by atoms with van der Waals surface area (Å²) < 4.78 is 23.5. The predicted octanol–water partition coefficient (Wildman–Crippen LogP) is 6.89. The molecule has 2 atom stereocenters. The van der Waals surface area contributed by atoms with Crippen molar-refractivity contribution < 1.29 is 33.3 Å². The topological polar surface area (TPSA) is 128 Å². The van der Waals surface area contributed by atoms with E-state index in [0.29, 0.717) is 56.6 Å². The number of para-hydroxylation sites is 1. The zero-order valence-corrected chi connectivity index (χ0v) is 29.6. The van der Waals surface area contributed by atoms with E-state index in [4.69, 9.17) is 42.1 Å². The molecule has 3 saturated heterocycles. The van der Waals surface area contributed by atoms with Crippen LogP contribution in [-0.4, -0.2) is 56.9 Å². The first-order chi connectivity index (χ1) is 24.7. The Kier molecular flexibility index (Phi) is 11.2. The molecule has 11 nitrogen and oxygen atoms in total. The molecule has 264 valence electrons. The van der Waals surface area contributed by atoms with E-state index in [2.05, 4.69) is 11.0 Å². The summed E-state index contributed by atoms with van der Waals surface area (Å²) in [7, 11) is 3.02. The van der Waals surface area contributed by atoms with Crippen LogP contribution in [0.5, 0.6) is 11.5 Å². The van der Waals surface area contributed by atoms with Gasteiger partial charge in [0.1, 0.15) is 28.3 Å². The number of hydrogen-bond acceptors (Lipinski definition) is 9. The van der Waals surface area contributed by atoms with Crippen molar-refractivity contribution >= 4 is 41.0 Å². The monoisotopic (exact) mass is 730 g/mol. The molecule has 0 spiro atoms. The third-order valence-electron chi connectivity index (χ3n) is 9.39. The SMILES string of the molecule is COc1ccc([C@H](Cc2c(Cl)c[n+]([O-])cc2Cl)OC(=O)c2ccc(CN(C(=O)O[C@H]3CN4CCC3CC4)c3ccccc3C#N)cc2)cc1OC. The van der Waals surface area contributed by atoms with Crippen LogP contribution in [-0.2, 0) is 22.4 Å². The number of pyridine rings is 1. The standard InChI is InChI=1S/C38H36Cl2N4O7/c1-48-33-12-11-27(17-35(33)49-2)34(18-29-30(39)21-43(47)22-31(29)40)50-37(45)26-9-7-24(8-10-26)20-44(32-6-4-3-5-28(32)19-41)38(46)51-36-23-42-15-13-25(36)14-16-42/h3-12,17,21-22,25,34,36H,13-16,18,20,23H2,1-2H3/t34-,36-/m0/s1. The Hall–Kier alpha value is -5.02. The molecule has 0 aliphatic carbocycles. The molecule has 3 aromatic carbocycles. The normalized spacial score (nSPS) is 18.3. The number of methoxy groups -OCH3 is 2. The van der Waals surface area contributed by atoms with Gasteiger partial charge in [-0.25, -0.2) is 9.59 Å². The highest BCUT2D eigenvalue weighted by atomic mass is 35.5. The molecule has 4 aromatic rings. The molecule has 51 heavy (non-hydrogen) atoms. The van der Waals surface area contributed by atoms with Gasteiger partial charge in [-0.15, -0.1) is 0 Å². The molecule has 3 fully saturated rings. The minimum absolute atomic E-state index is 0.0623. The molecule has 0 radical (unpaired) electrons. The number of hydrogen-bond donors (Lipinski definition) is 0. The fourth-order valence-electron chi connectivity index (χ4n) is 6.61. The average Bonchev–Trinajstić information content (AvgIpc) is 3.15. The number of anilines is 1. The molecular weight excluding hydrogens is 695 g/mol. The first-order valence-electron chi connectivity index (χ1n) is 16.5. The van der Waals surface area contributed by atoms with Gasteiger partial charge in [0.05, 0.1) is 37.6 Å². The number of benzene rings is 3. The molecule has 3 aliphatic rings. The van der Waals surface area contributed by atoms with Gasteiger partial charge in [0.15, 0.2) is 23.9 Å². The Morgan fingerprint density at radius 2 is 1.69 bits per heavy atom. The smallest absolute Gasteiger partial charge is 0.414 e. The van der Waals surface area contributed by atoms with Gasteiger partial charge in [-0.3, -0.25) is 9.80 Å². The molecule has 1 aromatic heterocycles. The molecule has 2 bridgehead atoms. The van der Waals surface area contributed by atoms with Crippen molar-refractivity contribution in [3.63, 3.8) is 0 Å². The largest absolute Gasteiger partial charge is 0.619 e. The van der Waals surface area contributed by atoms with Gasteiger partial charge in [-0.2, -0.15) is 9.99 Å². The quantitative estimate of drug-likeness (QED) is 0.0920. The molecule has 0 unspecified atom stereocenters. The number of halogens is 2. The Labute approximate surface area is 306 Å². The average molecular weight is 732 g/mol. The Morgan fingerprint density at radius 1 is 1.00 bits per heavy atom. The van der Waals surface area contributed by atoms with Crippen LogP contribution in [0.1, 0.15) is 51.6 Å². The number of nitriles is 1. The van der Waals surface area contributed by atoms with E-state index in [1.54, 1.807) is 66.7 Å². The molecule has 7 rings (SSSR count). The van der Waals surface area contributed by atoms with E-state index in [-0.39, 0.29) is 34.7 Å². The number of carbonyl (C=O) groups is 2. The van der Waals surface area contributed by atoms with Crippen LogP contribution < -0.4 is 19.1 Å². The Morgan fingerprint density at radius 3 is 2.31 bits per heavy atom. The molecular formula is C38H36Cl2N4O7. The molecule has 1 amide bonds. The van der Waals surface area contributed by atoms with Crippen LogP contribution in [0.2, 0.25) is 10.0 Å². The minimum Gasteiger partial charge on any atom is -0.619 e. The third-order valence-corrected chi connectivity index (χ3v) is 10.0. The van der Waals surface area contributed by atoms with Crippen LogP contribution in [0.3, 0.4) is 0 Å². The van der Waals surface area contributed by atoms with E-state index in [0.717, 1.165) is 25.9 Å². The highest BCUT2D eigenvalue weighted by Gasteiger charge is 2.37. The Balaban J connectivity index is 1.23. The Bertz CT molecular complexity index is 1920. The molecule has 0 N–H and O–H groups in total. The van der Waals surface area contributed by atoms with Crippen molar-refractivity contribution in [1.29, 1.82) is 5.26 Å². The number of aromatic nitrogens is 1. The minimum atomic E-state index is -0.881. The second-order valence-electron chi connectivity index (χ2n) is 12.5. The lowest BCUT2D eigenvalue weighted by Crippen LogP contribution is -2.53.